The third-order valence-corrected chi connectivity index (χ3v) is 3.07. The highest BCUT2D eigenvalue weighted by molar-refractivity contribution is 5.91. The number of anilines is 1. The van der Waals surface area contributed by atoms with Gasteiger partial charge in [0.15, 0.2) is 0 Å². The van der Waals surface area contributed by atoms with Crippen LogP contribution in [0.5, 0.6) is 0 Å². The van der Waals surface area contributed by atoms with Crippen LogP contribution in [-0.4, -0.2) is 35.4 Å². The van der Waals surface area contributed by atoms with Crippen LogP contribution in [0.4, 0.5) is 5.82 Å². The van der Waals surface area contributed by atoms with E-state index in [1.165, 1.54) is 18.4 Å². The molecule has 1 aliphatic rings. The van der Waals surface area contributed by atoms with Gasteiger partial charge in [-0.05, 0) is 44.0 Å². The number of aromatic nitrogens is 1. The number of rotatable bonds is 4. The summed E-state index contributed by atoms with van der Waals surface area (Å²) in [5, 5.41) is 2.83. The van der Waals surface area contributed by atoms with Gasteiger partial charge < -0.3 is 5.32 Å². The van der Waals surface area contributed by atoms with Crippen molar-refractivity contribution in [2.75, 3.05) is 25.0 Å². The van der Waals surface area contributed by atoms with Crippen LogP contribution in [0.15, 0.2) is 18.3 Å². The predicted molar refractivity (Wildman–Crippen MR) is 67.9 cm³/mol. The largest absolute Gasteiger partial charge is 0.310 e. The number of nitrogens with zero attached hydrogens (tertiary/aromatic N) is 2. The Kier molecular flexibility index (Phi) is 4.09. The molecule has 0 radical (unpaired) electrons. The average Bonchev–Trinajstić information content (AvgIpc) is 2.82. The van der Waals surface area contributed by atoms with E-state index in [1.54, 1.807) is 0 Å². The topological polar surface area (TPSA) is 45.2 Å². The summed E-state index contributed by atoms with van der Waals surface area (Å²) in [6.07, 6.45) is 5.19. The minimum atomic E-state index is 0.0312. The molecule has 1 aromatic rings. The summed E-state index contributed by atoms with van der Waals surface area (Å²) in [5.74, 6) is 0.676. The van der Waals surface area contributed by atoms with Crippen molar-refractivity contribution in [1.29, 1.82) is 0 Å². The number of carbonyl (C=O) groups excluding carboxylic acids is 1. The molecule has 1 aliphatic heterocycles. The van der Waals surface area contributed by atoms with Gasteiger partial charge >= 0.3 is 0 Å². The highest BCUT2D eigenvalue weighted by atomic mass is 16.2. The summed E-state index contributed by atoms with van der Waals surface area (Å²) in [6.45, 7) is 4.64. The second kappa shape index (κ2) is 5.77. The van der Waals surface area contributed by atoms with Crippen LogP contribution in [0, 0.1) is 0 Å². The molecule has 0 spiro atoms. The van der Waals surface area contributed by atoms with Crippen LogP contribution in [0.1, 0.15) is 25.3 Å². The Morgan fingerprint density at radius 2 is 2.18 bits per heavy atom. The second-order valence-electron chi connectivity index (χ2n) is 4.44. The zero-order valence-electron chi connectivity index (χ0n) is 10.3. The van der Waals surface area contributed by atoms with Crippen molar-refractivity contribution in [3.63, 3.8) is 0 Å². The smallest absolute Gasteiger partial charge is 0.239 e. The number of hydrogen-bond donors (Lipinski definition) is 1. The van der Waals surface area contributed by atoms with Gasteiger partial charge in [0.05, 0.1) is 6.54 Å². The fourth-order valence-corrected chi connectivity index (χ4v) is 2.03. The highest BCUT2D eigenvalue weighted by Crippen LogP contribution is 2.08. The van der Waals surface area contributed by atoms with Crippen LogP contribution < -0.4 is 5.32 Å². The molecule has 0 saturated carbocycles. The van der Waals surface area contributed by atoms with E-state index in [1.807, 2.05) is 18.3 Å². The standard InChI is InChI=1S/C13H19N3O/c1-2-11-5-6-12(14-9-11)15-13(17)10-16-7-3-4-8-16/h5-6,9H,2-4,7-8,10H2,1H3,(H,14,15,17). The van der Waals surface area contributed by atoms with Gasteiger partial charge in [-0.15, -0.1) is 0 Å². The van der Waals surface area contributed by atoms with Crippen molar-refractivity contribution in [3.8, 4) is 0 Å². The molecule has 2 heterocycles. The van der Waals surface area contributed by atoms with Crippen molar-refractivity contribution < 1.29 is 4.79 Å². The monoisotopic (exact) mass is 233 g/mol. The van der Waals surface area contributed by atoms with E-state index in [0.29, 0.717) is 12.4 Å². The lowest BCUT2D eigenvalue weighted by atomic mass is 10.2. The third-order valence-electron chi connectivity index (χ3n) is 3.07. The molecule has 17 heavy (non-hydrogen) atoms. The van der Waals surface area contributed by atoms with E-state index in [0.717, 1.165) is 19.5 Å². The number of hydrogen-bond acceptors (Lipinski definition) is 3. The molecule has 1 N–H and O–H groups in total. The molecule has 1 aromatic heterocycles. The number of pyridine rings is 1. The van der Waals surface area contributed by atoms with Gasteiger partial charge in [0.1, 0.15) is 5.82 Å². The molecule has 92 valence electrons. The zero-order chi connectivity index (χ0) is 12.1. The molecule has 2 rings (SSSR count). The average molecular weight is 233 g/mol. The minimum absolute atomic E-state index is 0.0312. The fraction of sp³-hybridized carbons (Fsp3) is 0.538. The maximum absolute atomic E-state index is 11.7. The van der Waals surface area contributed by atoms with Gasteiger partial charge in [0.2, 0.25) is 5.91 Å². The van der Waals surface area contributed by atoms with Gasteiger partial charge in [0, 0.05) is 6.20 Å². The van der Waals surface area contributed by atoms with Gasteiger partial charge in [0.25, 0.3) is 0 Å². The Labute approximate surface area is 102 Å². The first-order chi connectivity index (χ1) is 8.28. The number of likely N-dealkylation sites (tertiary alicyclic amines) is 1. The molecule has 0 unspecified atom stereocenters. The van der Waals surface area contributed by atoms with Crippen molar-refractivity contribution in [1.82, 2.24) is 9.88 Å². The number of carbonyl (C=O) groups is 1. The summed E-state index contributed by atoms with van der Waals surface area (Å²) < 4.78 is 0. The van der Waals surface area contributed by atoms with Gasteiger partial charge in [-0.3, -0.25) is 9.69 Å². The molecular weight excluding hydrogens is 214 g/mol. The van der Waals surface area contributed by atoms with Crippen molar-refractivity contribution >= 4 is 11.7 Å². The van der Waals surface area contributed by atoms with E-state index < -0.39 is 0 Å². The first kappa shape index (κ1) is 12.0. The van der Waals surface area contributed by atoms with Crippen molar-refractivity contribution in [2.24, 2.45) is 0 Å². The Morgan fingerprint density at radius 3 is 2.76 bits per heavy atom. The fourth-order valence-electron chi connectivity index (χ4n) is 2.03. The highest BCUT2D eigenvalue weighted by Gasteiger charge is 2.15. The van der Waals surface area contributed by atoms with E-state index >= 15 is 0 Å². The molecule has 0 bridgehead atoms. The first-order valence-corrected chi connectivity index (χ1v) is 6.25. The number of nitrogens with one attached hydrogen (secondary N) is 1. The van der Waals surface area contributed by atoms with E-state index in [4.69, 9.17) is 0 Å². The van der Waals surface area contributed by atoms with E-state index in [9.17, 15) is 4.79 Å². The quantitative estimate of drug-likeness (QED) is 0.860. The number of amides is 1. The molecular formula is C13H19N3O. The number of aryl methyl sites for hydroxylation is 1. The second-order valence-corrected chi connectivity index (χ2v) is 4.44. The lowest BCUT2D eigenvalue weighted by Crippen LogP contribution is -2.31. The third kappa shape index (κ3) is 3.53. The molecule has 0 aliphatic carbocycles. The van der Waals surface area contributed by atoms with Crippen molar-refractivity contribution in [2.45, 2.75) is 26.2 Å². The Hall–Kier alpha value is -1.42. The van der Waals surface area contributed by atoms with Gasteiger partial charge in [-0.2, -0.15) is 0 Å². The molecule has 4 nitrogen and oxygen atoms in total. The zero-order valence-corrected chi connectivity index (χ0v) is 10.3. The SMILES string of the molecule is CCc1ccc(NC(=O)CN2CCCC2)nc1. The summed E-state index contributed by atoms with van der Waals surface area (Å²) in [6, 6.07) is 3.86. The van der Waals surface area contributed by atoms with Crippen LogP contribution in [0.25, 0.3) is 0 Å². The first-order valence-electron chi connectivity index (χ1n) is 6.25. The van der Waals surface area contributed by atoms with E-state index in [-0.39, 0.29) is 5.91 Å². The summed E-state index contributed by atoms with van der Waals surface area (Å²) in [4.78, 5) is 18.1. The molecule has 1 amide bonds. The van der Waals surface area contributed by atoms with Gasteiger partial charge in [-0.1, -0.05) is 13.0 Å². The van der Waals surface area contributed by atoms with Crippen LogP contribution in [-0.2, 0) is 11.2 Å². The van der Waals surface area contributed by atoms with Crippen molar-refractivity contribution in [3.05, 3.63) is 23.9 Å². The summed E-state index contributed by atoms with van der Waals surface area (Å²) >= 11 is 0. The van der Waals surface area contributed by atoms with Gasteiger partial charge in [-0.25, -0.2) is 4.98 Å². The Morgan fingerprint density at radius 1 is 1.41 bits per heavy atom. The molecule has 1 saturated heterocycles. The Balaban J connectivity index is 1.84. The van der Waals surface area contributed by atoms with Crippen LogP contribution in [0.2, 0.25) is 0 Å². The van der Waals surface area contributed by atoms with Crippen LogP contribution >= 0.6 is 0 Å². The maximum Gasteiger partial charge on any atom is 0.239 e. The lowest BCUT2D eigenvalue weighted by molar-refractivity contribution is -0.117. The Bertz CT molecular complexity index is 369. The predicted octanol–water partition coefficient (Wildman–Crippen LogP) is 1.68. The molecule has 4 heteroatoms. The minimum Gasteiger partial charge on any atom is -0.310 e. The maximum atomic E-state index is 11.7. The van der Waals surface area contributed by atoms with Crippen LogP contribution in [0.3, 0.4) is 0 Å². The summed E-state index contributed by atoms with van der Waals surface area (Å²) in [5.41, 5.74) is 1.18. The molecule has 1 fully saturated rings. The summed E-state index contributed by atoms with van der Waals surface area (Å²) in [7, 11) is 0. The van der Waals surface area contributed by atoms with E-state index in [2.05, 4.69) is 22.1 Å². The molecule has 0 atom stereocenters. The molecule has 0 aromatic carbocycles. The normalized spacial score (nSPS) is 16.1. The lowest BCUT2D eigenvalue weighted by Gasteiger charge is -2.13.